The lowest BCUT2D eigenvalue weighted by molar-refractivity contribution is -0.145. The van der Waals surface area contributed by atoms with Crippen LogP contribution in [-0.2, 0) is 29.7 Å². The molecule has 0 bridgehead atoms. The second kappa shape index (κ2) is 9.34. The monoisotopic (exact) mass is 412 g/mol. The molecule has 1 N–H and O–H groups in total. The molecule has 0 radical (unpaired) electrons. The maximum Gasteiger partial charge on any atom is 0.330 e. The SMILES string of the molecule is CCCCn1c(=O)[nH]c(=O)c2c1nc(COC(=O)CCC(=O)c1ccccc1)n2C. The molecule has 2 aromatic heterocycles. The fourth-order valence-electron chi connectivity index (χ4n) is 3.15. The lowest BCUT2D eigenvalue weighted by atomic mass is 10.1. The predicted molar refractivity (Wildman–Crippen MR) is 110 cm³/mol. The van der Waals surface area contributed by atoms with E-state index in [1.54, 1.807) is 31.3 Å². The molecule has 3 rings (SSSR count). The van der Waals surface area contributed by atoms with Gasteiger partial charge in [-0.05, 0) is 6.42 Å². The molecule has 0 aliphatic carbocycles. The van der Waals surface area contributed by atoms with Gasteiger partial charge in [-0.15, -0.1) is 0 Å². The first-order valence-corrected chi connectivity index (χ1v) is 9.84. The summed E-state index contributed by atoms with van der Waals surface area (Å²) in [6, 6.07) is 8.73. The first-order chi connectivity index (χ1) is 14.4. The van der Waals surface area contributed by atoms with E-state index >= 15 is 0 Å². The quantitative estimate of drug-likeness (QED) is 0.424. The van der Waals surface area contributed by atoms with Crippen molar-refractivity contribution in [3.05, 3.63) is 62.6 Å². The normalized spacial score (nSPS) is 11.0. The summed E-state index contributed by atoms with van der Waals surface area (Å²) in [5.41, 5.74) is 0.0109. The van der Waals surface area contributed by atoms with Crippen LogP contribution in [0.25, 0.3) is 11.2 Å². The number of aromatic nitrogens is 4. The van der Waals surface area contributed by atoms with E-state index in [9.17, 15) is 19.2 Å². The number of ketones is 1. The Bertz CT molecular complexity index is 1170. The largest absolute Gasteiger partial charge is 0.457 e. The van der Waals surface area contributed by atoms with E-state index in [0.717, 1.165) is 12.8 Å². The van der Waals surface area contributed by atoms with Crippen LogP contribution in [0.15, 0.2) is 39.9 Å². The number of unbranched alkanes of at least 4 members (excludes halogenated alkanes) is 1. The number of fused-ring (bicyclic) bond motifs is 1. The van der Waals surface area contributed by atoms with E-state index in [2.05, 4.69) is 9.97 Å². The average Bonchev–Trinajstić information content (AvgIpc) is 3.07. The van der Waals surface area contributed by atoms with Crippen molar-refractivity contribution < 1.29 is 14.3 Å². The molecular formula is C21H24N4O5. The van der Waals surface area contributed by atoms with Crippen molar-refractivity contribution in [1.82, 2.24) is 19.1 Å². The molecule has 158 valence electrons. The third kappa shape index (κ3) is 4.56. The van der Waals surface area contributed by atoms with Gasteiger partial charge in [-0.3, -0.25) is 23.9 Å². The number of hydrogen-bond acceptors (Lipinski definition) is 6. The zero-order chi connectivity index (χ0) is 21.7. The molecule has 9 nitrogen and oxygen atoms in total. The number of carbonyl (C=O) groups excluding carboxylic acids is 2. The van der Waals surface area contributed by atoms with Crippen LogP contribution in [0.1, 0.15) is 48.8 Å². The van der Waals surface area contributed by atoms with E-state index in [0.29, 0.717) is 17.9 Å². The number of imidazole rings is 1. The van der Waals surface area contributed by atoms with Crippen molar-refractivity contribution in [3.63, 3.8) is 0 Å². The number of esters is 1. The minimum Gasteiger partial charge on any atom is -0.457 e. The maximum absolute atomic E-state index is 12.2. The number of nitrogens with zero attached hydrogens (tertiary/aromatic N) is 3. The molecule has 0 saturated carbocycles. The molecule has 30 heavy (non-hydrogen) atoms. The van der Waals surface area contributed by atoms with Crippen LogP contribution in [0.4, 0.5) is 0 Å². The molecular weight excluding hydrogens is 388 g/mol. The lowest BCUT2D eigenvalue weighted by Gasteiger charge is -2.05. The molecule has 0 aliphatic heterocycles. The Kier molecular flexibility index (Phi) is 6.61. The van der Waals surface area contributed by atoms with Crippen molar-refractivity contribution in [3.8, 4) is 0 Å². The summed E-state index contributed by atoms with van der Waals surface area (Å²) in [7, 11) is 1.63. The van der Waals surface area contributed by atoms with Gasteiger partial charge in [0.15, 0.2) is 16.9 Å². The van der Waals surface area contributed by atoms with Gasteiger partial charge >= 0.3 is 11.7 Å². The number of carbonyl (C=O) groups is 2. The van der Waals surface area contributed by atoms with Gasteiger partial charge in [0, 0.05) is 25.6 Å². The van der Waals surface area contributed by atoms with Crippen molar-refractivity contribution in [2.75, 3.05) is 0 Å². The molecule has 0 fully saturated rings. The van der Waals surface area contributed by atoms with Gasteiger partial charge in [-0.25, -0.2) is 9.78 Å². The second-order valence-electron chi connectivity index (χ2n) is 6.97. The van der Waals surface area contributed by atoms with E-state index in [1.807, 2.05) is 13.0 Å². The number of Topliss-reactive ketones (excluding diaryl/α,β-unsaturated/α-hetero) is 1. The molecule has 0 atom stereocenters. The number of H-pyrrole nitrogens is 1. The number of hydrogen-bond donors (Lipinski definition) is 1. The van der Waals surface area contributed by atoms with Gasteiger partial charge in [0.1, 0.15) is 12.4 Å². The van der Waals surface area contributed by atoms with Gasteiger partial charge in [0.2, 0.25) is 0 Å². The Morgan fingerprint density at radius 1 is 1.13 bits per heavy atom. The van der Waals surface area contributed by atoms with E-state index in [1.165, 1.54) is 9.13 Å². The zero-order valence-corrected chi connectivity index (χ0v) is 17.0. The number of benzene rings is 1. The fourth-order valence-corrected chi connectivity index (χ4v) is 3.15. The van der Waals surface area contributed by atoms with Gasteiger partial charge in [0.05, 0.1) is 6.42 Å². The van der Waals surface area contributed by atoms with Gasteiger partial charge in [0.25, 0.3) is 5.56 Å². The van der Waals surface area contributed by atoms with Crippen LogP contribution in [0.2, 0.25) is 0 Å². The molecule has 9 heteroatoms. The fraction of sp³-hybridized carbons (Fsp3) is 0.381. The lowest BCUT2D eigenvalue weighted by Crippen LogP contribution is -2.31. The Balaban J connectivity index is 1.70. The van der Waals surface area contributed by atoms with Crippen LogP contribution in [0, 0.1) is 0 Å². The van der Waals surface area contributed by atoms with Crippen LogP contribution in [0.3, 0.4) is 0 Å². The topological polar surface area (TPSA) is 116 Å². The summed E-state index contributed by atoms with van der Waals surface area (Å²) in [4.78, 5) is 55.2. The summed E-state index contributed by atoms with van der Waals surface area (Å²) < 4.78 is 8.17. The zero-order valence-electron chi connectivity index (χ0n) is 17.0. The van der Waals surface area contributed by atoms with E-state index in [4.69, 9.17) is 4.74 Å². The summed E-state index contributed by atoms with van der Waals surface area (Å²) >= 11 is 0. The summed E-state index contributed by atoms with van der Waals surface area (Å²) in [6.45, 7) is 2.27. The first-order valence-electron chi connectivity index (χ1n) is 9.84. The van der Waals surface area contributed by atoms with Crippen LogP contribution in [0.5, 0.6) is 0 Å². The van der Waals surface area contributed by atoms with Crippen LogP contribution >= 0.6 is 0 Å². The average molecular weight is 412 g/mol. The molecule has 0 amide bonds. The van der Waals surface area contributed by atoms with Crippen molar-refractivity contribution in [2.45, 2.75) is 45.8 Å². The summed E-state index contributed by atoms with van der Waals surface area (Å²) in [5.74, 6) is -0.334. The maximum atomic E-state index is 12.2. The highest BCUT2D eigenvalue weighted by molar-refractivity contribution is 5.97. The Hall–Kier alpha value is -3.49. The van der Waals surface area contributed by atoms with E-state index < -0.39 is 17.2 Å². The highest BCUT2D eigenvalue weighted by Crippen LogP contribution is 2.12. The second-order valence-corrected chi connectivity index (χ2v) is 6.97. The smallest absolute Gasteiger partial charge is 0.330 e. The third-order valence-corrected chi connectivity index (χ3v) is 4.86. The Labute approximate surface area is 172 Å². The van der Waals surface area contributed by atoms with E-state index in [-0.39, 0.29) is 36.4 Å². The summed E-state index contributed by atoms with van der Waals surface area (Å²) in [6.07, 6.45) is 1.63. The number of aromatic amines is 1. The molecule has 0 spiro atoms. The molecule has 0 unspecified atom stereocenters. The van der Waals surface area contributed by atoms with Crippen molar-refractivity contribution in [1.29, 1.82) is 0 Å². The van der Waals surface area contributed by atoms with Gasteiger partial charge in [-0.2, -0.15) is 0 Å². The van der Waals surface area contributed by atoms with Crippen molar-refractivity contribution in [2.24, 2.45) is 7.05 Å². The third-order valence-electron chi connectivity index (χ3n) is 4.86. The molecule has 0 saturated heterocycles. The van der Waals surface area contributed by atoms with Gasteiger partial charge < -0.3 is 9.30 Å². The molecule has 1 aromatic carbocycles. The predicted octanol–water partition coefficient (Wildman–Crippen LogP) is 1.93. The Morgan fingerprint density at radius 2 is 1.87 bits per heavy atom. The Morgan fingerprint density at radius 3 is 2.57 bits per heavy atom. The van der Waals surface area contributed by atoms with Crippen LogP contribution in [-0.4, -0.2) is 30.9 Å². The number of aryl methyl sites for hydroxylation is 2. The first kappa shape index (κ1) is 21.2. The molecule has 2 heterocycles. The number of ether oxygens (including phenoxy) is 1. The molecule has 3 aromatic rings. The number of nitrogens with one attached hydrogen (secondary N) is 1. The minimum atomic E-state index is -0.538. The summed E-state index contributed by atoms with van der Waals surface area (Å²) in [5, 5.41) is 0. The highest BCUT2D eigenvalue weighted by atomic mass is 16.5. The van der Waals surface area contributed by atoms with Crippen LogP contribution < -0.4 is 11.2 Å². The highest BCUT2D eigenvalue weighted by Gasteiger charge is 2.18. The van der Waals surface area contributed by atoms with Gasteiger partial charge in [-0.1, -0.05) is 43.7 Å². The standard InChI is InChI=1S/C21H24N4O5/c1-3-4-12-25-19-18(20(28)23-21(25)29)24(2)16(22-19)13-30-17(27)11-10-15(26)14-8-6-5-7-9-14/h5-9H,3-4,10-13H2,1-2H3,(H,23,28,29). The minimum absolute atomic E-state index is 0.0433. The van der Waals surface area contributed by atoms with Crippen molar-refractivity contribution >= 4 is 22.9 Å². The molecule has 0 aliphatic rings. The number of rotatable bonds is 9.